The van der Waals surface area contributed by atoms with E-state index < -0.39 is 6.61 Å². The van der Waals surface area contributed by atoms with Crippen LogP contribution in [0.3, 0.4) is 0 Å². The fourth-order valence-corrected chi connectivity index (χ4v) is 1.86. The van der Waals surface area contributed by atoms with E-state index in [1.807, 2.05) is 6.07 Å². The van der Waals surface area contributed by atoms with E-state index in [0.29, 0.717) is 0 Å². The van der Waals surface area contributed by atoms with Crippen LogP contribution in [-0.2, 0) is 0 Å². The van der Waals surface area contributed by atoms with Crippen LogP contribution >= 0.6 is 0 Å². The van der Waals surface area contributed by atoms with Gasteiger partial charge >= 0.3 is 6.61 Å². The summed E-state index contributed by atoms with van der Waals surface area (Å²) in [4.78, 5) is 2.15. The van der Waals surface area contributed by atoms with Gasteiger partial charge in [-0.3, -0.25) is 0 Å². The highest BCUT2D eigenvalue weighted by molar-refractivity contribution is 5.51. The van der Waals surface area contributed by atoms with Crippen LogP contribution in [0.4, 0.5) is 14.5 Å². The zero-order chi connectivity index (χ0) is 11.4. The van der Waals surface area contributed by atoms with Crippen molar-refractivity contribution in [2.24, 2.45) is 0 Å². The van der Waals surface area contributed by atoms with Crippen molar-refractivity contribution >= 4 is 5.69 Å². The molecule has 0 N–H and O–H groups in total. The first-order valence-corrected chi connectivity index (χ1v) is 5.37. The van der Waals surface area contributed by atoms with Gasteiger partial charge in [0.15, 0.2) is 0 Å². The lowest BCUT2D eigenvalue weighted by Crippen LogP contribution is -2.29. The molecule has 0 amide bonds. The van der Waals surface area contributed by atoms with Crippen LogP contribution in [0.15, 0.2) is 24.3 Å². The summed E-state index contributed by atoms with van der Waals surface area (Å²) in [6.07, 6.45) is 4.44. The van der Waals surface area contributed by atoms with Crippen molar-refractivity contribution in [1.29, 1.82) is 0 Å². The molecule has 4 heteroatoms. The maximum Gasteiger partial charge on any atom is 0.387 e. The molecule has 1 fully saturated rings. The number of hydrogen-bond acceptors (Lipinski definition) is 2. The summed E-state index contributed by atoms with van der Waals surface area (Å²) < 4.78 is 28.5. The Kier molecular flexibility index (Phi) is 3.59. The molecule has 2 rings (SSSR count). The molecule has 1 radical (unpaired) electrons. The first-order chi connectivity index (χ1) is 7.75. The van der Waals surface area contributed by atoms with Gasteiger partial charge in [0.1, 0.15) is 5.75 Å². The van der Waals surface area contributed by atoms with E-state index in [-0.39, 0.29) is 5.75 Å². The second kappa shape index (κ2) is 5.14. The Bertz CT molecular complexity index is 338. The molecular weight excluding hydrogens is 212 g/mol. The van der Waals surface area contributed by atoms with E-state index in [2.05, 4.69) is 16.1 Å². The van der Waals surface area contributed by atoms with Crippen molar-refractivity contribution in [3.8, 4) is 5.75 Å². The van der Waals surface area contributed by atoms with Crippen molar-refractivity contribution in [1.82, 2.24) is 0 Å². The molecule has 0 spiro atoms. The molecule has 1 aliphatic rings. The highest BCUT2D eigenvalue weighted by Crippen LogP contribution is 2.24. The standard InChI is InChI=1S/C12H14F2NO/c13-12(14)16-11-6-4-5-10(9-11)15-7-2-1-3-8-15/h2,4-6,9,12H,1,3,7-8H2. The molecule has 0 saturated carbocycles. The highest BCUT2D eigenvalue weighted by atomic mass is 19.3. The Balaban J connectivity index is 2.08. The number of rotatable bonds is 3. The van der Waals surface area contributed by atoms with E-state index >= 15 is 0 Å². The molecule has 0 bridgehead atoms. The fraction of sp³-hybridized carbons (Fsp3) is 0.417. The van der Waals surface area contributed by atoms with E-state index in [9.17, 15) is 8.78 Å². The summed E-state index contributed by atoms with van der Waals surface area (Å²) in [5, 5.41) is 0. The van der Waals surface area contributed by atoms with Gasteiger partial charge in [-0.25, -0.2) is 0 Å². The Labute approximate surface area is 93.8 Å². The van der Waals surface area contributed by atoms with Gasteiger partial charge in [0, 0.05) is 24.8 Å². The maximum atomic E-state index is 12.1. The average molecular weight is 226 g/mol. The van der Waals surface area contributed by atoms with Gasteiger partial charge < -0.3 is 9.64 Å². The second-order valence-corrected chi connectivity index (χ2v) is 3.75. The molecule has 87 valence electrons. The minimum Gasteiger partial charge on any atom is -0.435 e. The highest BCUT2D eigenvalue weighted by Gasteiger charge is 2.12. The molecular formula is C12H14F2NO. The van der Waals surface area contributed by atoms with Crippen molar-refractivity contribution < 1.29 is 13.5 Å². The van der Waals surface area contributed by atoms with Gasteiger partial charge in [0.25, 0.3) is 0 Å². The molecule has 1 aromatic carbocycles. The second-order valence-electron chi connectivity index (χ2n) is 3.75. The molecule has 1 aliphatic heterocycles. The molecule has 0 aromatic heterocycles. The number of piperidine rings is 1. The van der Waals surface area contributed by atoms with Gasteiger partial charge in [-0.2, -0.15) is 8.78 Å². The molecule has 0 aliphatic carbocycles. The number of anilines is 1. The summed E-state index contributed by atoms with van der Waals surface area (Å²) in [6, 6.07) is 6.85. The summed E-state index contributed by atoms with van der Waals surface area (Å²) in [5.74, 6) is 0.220. The van der Waals surface area contributed by atoms with Crippen molar-refractivity contribution in [3.63, 3.8) is 0 Å². The SMILES string of the molecule is FC(F)Oc1cccc(N2C[CH]CCC2)c1. The van der Waals surface area contributed by atoms with Crippen LogP contribution in [0.1, 0.15) is 12.8 Å². The average Bonchev–Trinajstić information content (AvgIpc) is 2.30. The third kappa shape index (κ3) is 2.84. The molecule has 1 heterocycles. The van der Waals surface area contributed by atoms with Gasteiger partial charge in [0.2, 0.25) is 0 Å². The Morgan fingerprint density at radius 3 is 2.88 bits per heavy atom. The Morgan fingerprint density at radius 1 is 1.31 bits per heavy atom. The minimum atomic E-state index is -2.76. The van der Waals surface area contributed by atoms with Crippen LogP contribution in [-0.4, -0.2) is 19.7 Å². The van der Waals surface area contributed by atoms with Crippen molar-refractivity contribution in [2.75, 3.05) is 18.0 Å². The van der Waals surface area contributed by atoms with E-state index in [0.717, 1.165) is 31.6 Å². The van der Waals surface area contributed by atoms with E-state index in [1.165, 1.54) is 0 Å². The summed E-state index contributed by atoms with van der Waals surface area (Å²) in [5.41, 5.74) is 0.939. The quantitative estimate of drug-likeness (QED) is 0.785. The smallest absolute Gasteiger partial charge is 0.387 e. The number of nitrogens with zero attached hydrogens (tertiary/aromatic N) is 1. The largest absolute Gasteiger partial charge is 0.435 e. The molecule has 0 unspecified atom stereocenters. The molecule has 1 aromatic rings. The van der Waals surface area contributed by atoms with Gasteiger partial charge in [0.05, 0.1) is 0 Å². The lowest BCUT2D eigenvalue weighted by Gasteiger charge is -2.28. The maximum absolute atomic E-state index is 12.1. The Morgan fingerprint density at radius 2 is 2.19 bits per heavy atom. The fourth-order valence-electron chi connectivity index (χ4n) is 1.86. The lowest BCUT2D eigenvalue weighted by atomic mass is 10.1. The predicted octanol–water partition coefficient (Wildman–Crippen LogP) is 3.09. The van der Waals surface area contributed by atoms with Crippen molar-refractivity contribution in [3.05, 3.63) is 30.7 Å². The van der Waals surface area contributed by atoms with Gasteiger partial charge in [-0.1, -0.05) is 6.07 Å². The summed E-state index contributed by atoms with van der Waals surface area (Å²) in [6.45, 7) is -0.921. The monoisotopic (exact) mass is 226 g/mol. The van der Waals surface area contributed by atoms with Crippen LogP contribution in [0, 0.1) is 6.42 Å². The topological polar surface area (TPSA) is 12.5 Å². The van der Waals surface area contributed by atoms with Crippen molar-refractivity contribution in [2.45, 2.75) is 19.5 Å². The van der Waals surface area contributed by atoms with Crippen LogP contribution in [0.5, 0.6) is 5.75 Å². The first kappa shape index (κ1) is 11.2. The third-order valence-electron chi connectivity index (χ3n) is 2.59. The summed E-state index contributed by atoms with van der Waals surface area (Å²) in [7, 11) is 0. The zero-order valence-corrected chi connectivity index (χ0v) is 8.90. The molecule has 0 atom stereocenters. The van der Waals surface area contributed by atoms with E-state index in [4.69, 9.17) is 0 Å². The molecule has 2 nitrogen and oxygen atoms in total. The molecule has 16 heavy (non-hydrogen) atoms. The first-order valence-electron chi connectivity index (χ1n) is 5.37. The summed E-state index contributed by atoms with van der Waals surface area (Å²) >= 11 is 0. The number of benzene rings is 1. The third-order valence-corrected chi connectivity index (χ3v) is 2.59. The van der Waals surface area contributed by atoms with Crippen LogP contribution < -0.4 is 9.64 Å². The van der Waals surface area contributed by atoms with Gasteiger partial charge in [-0.15, -0.1) is 0 Å². The number of alkyl halides is 2. The van der Waals surface area contributed by atoms with Crippen LogP contribution in [0.25, 0.3) is 0 Å². The molecule has 1 saturated heterocycles. The van der Waals surface area contributed by atoms with Crippen LogP contribution in [0.2, 0.25) is 0 Å². The lowest BCUT2D eigenvalue weighted by molar-refractivity contribution is -0.0498. The number of ether oxygens (including phenoxy) is 1. The van der Waals surface area contributed by atoms with E-state index in [1.54, 1.807) is 18.2 Å². The zero-order valence-electron chi connectivity index (χ0n) is 8.90. The Hall–Kier alpha value is -1.32. The van der Waals surface area contributed by atoms with Gasteiger partial charge in [-0.05, 0) is 31.4 Å². The number of halogens is 2. The number of hydrogen-bond donors (Lipinski definition) is 0. The minimum absolute atomic E-state index is 0.220. The predicted molar refractivity (Wildman–Crippen MR) is 58.8 cm³/mol. The normalized spacial score (nSPS) is 16.6.